The summed E-state index contributed by atoms with van der Waals surface area (Å²) in [5, 5.41) is 4.04. The molecule has 0 aliphatic rings. The van der Waals surface area contributed by atoms with Gasteiger partial charge in [0.05, 0.1) is 11.6 Å². The van der Waals surface area contributed by atoms with Crippen molar-refractivity contribution in [3.63, 3.8) is 0 Å². The zero-order chi connectivity index (χ0) is 13.9. The maximum Gasteiger partial charge on any atom is 0.142 e. The molecule has 0 aliphatic carbocycles. The lowest BCUT2D eigenvalue weighted by Crippen LogP contribution is -2.15. The van der Waals surface area contributed by atoms with Gasteiger partial charge in [-0.15, -0.1) is 0 Å². The largest absolute Gasteiger partial charge is 0.492 e. The molecule has 0 saturated carbocycles. The number of ether oxygens (including phenoxy) is 2. The van der Waals surface area contributed by atoms with Crippen LogP contribution in [-0.2, 0) is 11.3 Å². The highest BCUT2D eigenvalue weighted by Crippen LogP contribution is 2.28. The summed E-state index contributed by atoms with van der Waals surface area (Å²) in [6.45, 7) is 8.03. The van der Waals surface area contributed by atoms with E-state index in [1.807, 2.05) is 25.1 Å². The van der Waals surface area contributed by atoms with E-state index in [1.165, 1.54) is 0 Å². The van der Waals surface area contributed by atoms with Crippen LogP contribution in [0.2, 0.25) is 5.02 Å². The van der Waals surface area contributed by atoms with Crippen LogP contribution in [0.5, 0.6) is 5.75 Å². The monoisotopic (exact) mass is 285 g/mol. The highest BCUT2D eigenvalue weighted by atomic mass is 35.5. The van der Waals surface area contributed by atoms with Crippen LogP contribution in [0, 0.1) is 0 Å². The third kappa shape index (κ3) is 6.28. The lowest BCUT2D eigenvalue weighted by molar-refractivity contribution is 0.130. The number of nitrogens with one attached hydrogen (secondary N) is 1. The Hall–Kier alpha value is -0.770. The average Bonchev–Trinajstić information content (AvgIpc) is 2.41. The summed E-state index contributed by atoms with van der Waals surface area (Å²) in [5.74, 6) is 0.796. The number of para-hydroxylation sites is 1. The van der Waals surface area contributed by atoms with Crippen molar-refractivity contribution in [3.8, 4) is 5.75 Å². The molecule has 4 heteroatoms. The molecule has 3 nitrogen and oxygen atoms in total. The normalized spacial score (nSPS) is 10.7. The Labute approximate surface area is 121 Å². The molecule has 0 bridgehead atoms. The fraction of sp³-hybridized carbons (Fsp3) is 0.600. The Kier molecular flexibility index (Phi) is 8.63. The molecule has 1 aromatic rings. The molecule has 108 valence electrons. The number of hydrogen-bond acceptors (Lipinski definition) is 3. The van der Waals surface area contributed by atoms with Gasteiger partial charge in [-0.3, -0.25) is 0 Å². The average molecular weight is 286 g/mol. The van der Waals surface area contributed by atoms with Crippen molar-refractivity contribution < 1.29 is 9.47 Å². The lowest BCUT2D eigenvalue weighted by atomic mass is 10.2. The first-order chi connectivity index (χ1) is 9.29. The van der Waals surface area contributed by atoms with Crippen molar-refractivity contribution in [1.29, 1.82) is 0 Å². The molecule has 0 radical (unpaired) electrons. The second-order valence-electron chi connectivity index (χ2n) is 4.30. The molecule has 19 heavy (non-hydrogen) atoms. The molecule has 1 N–H and O–H groups in total. The van der Waals surface area contributed by atoms with Crippen molar-refractivity contribution in [1.82, 2.24) is 5.32 Å². The quantitative estimate of drug-likeness (QED) is 0.666. The van der Waals surface area contributed by atoms with Crippen LogP contribution in [0.15, 0.2) is 18.2 Å². The Balaban J connectivity index is 2.49. The molecular formula is C15H24ClNO2. The second kappa shape index (κ2) is 10.1. The molecule has 0 spiro atoms. The van der Waals surface area contributed by atoms with Crippen LogP contribution in [0.1, 0.15) is 32.3 Å². The smallest absolute Gasteiger partial charge is 0.142 e. The van der Waals surface area contributed by atoms with Crippen LogP contribution in [0.4, 0.5) is 0 Å². The number of rotatable bonds is 10. The number of benzene rings is 1. The van der Waals surface area contributed by atoms with E-state index >= 15 is 0 Å². The highest BCUT2D eigenvalue weighted by molar-refractivity contribution is 6.32. The van der Waals surface area contributed by atoms with Gasteiger partial charge in [0.25, 0.3) is 0 Å². The number of halogens is 1. The van der Waals surface area contributed by atoms with Gasteiger partial charge in [0.15, 0.2) is 0 Å². The van der Waals surface area contributed by atoms with Crippen LogP contribution in [0.3, 0.4) is 0 Å². The van der Waals surface area contributed by atoms with E-state index in [9.17, 15) is 0 Å². The predicted molar refractivity (Wildman–Crippen MR) is 80.1 cm³/mol. The van der Waals surface area contributed by atoms with Gasteiger partial charge in [-0.1, -0.05) is 30.7 Å². The van der Waals surface area contributed by atoms with Crippen LogP contribution < -0.4 is 10.1 Å². The Morgan fingerprint density at radius 2 is 2.05 bits per heavy atom. The zero-order valence-electron chi connectivity index (χ0n) is 11.9. The summed E-state index contributed by atoms with van der Waals surface area (Å²) >= 11 is 6.20. The van der Waals surface area contributed by atoms with Gasteiger partial charge in [-0.05, 0) is 26.0 Å². The van der Waals surface area contributed by atoms with E-state index in [1.54, 1.807) is 0 Å². The first-order valence-electron chi connectivity index (χ1n) is 6.98. The van der Waals surface area contributed by atoms with E-state index in [-0.39, 0.29) is 0 Å². The fourth-order valence-electron chi connectivity index (χ4n) is 1.73. The van der Waals surface area contributed by atoms with Crippen molar-refractivity contribution in [3.05, 3.63) is 28.8 Å². The third-order valence-corrected chi connectivity index (χ3v) is 2.97. The standard InChI is InChI=1S/C15H24ClNO2/c1-3-9-17-12-13-7-5-8-14(16)15(13)19-11-6-10-18-4-2/h5,7-8,17H,3-4,6,9-12H2,1-2H3. The molecule has 1 aromatic carbocycles. The molecule has 0 atom stereocenters. The van der Waals surface area contributed by atoms with Gasteiger partial charge in [-0.25, -0.2) is 0 Å². The molecule has 0 unspecified atom stereocenters. The first kappa shape index (κ1) is 16.3. The van der Waals surface area contributed by atoms with Crippen molar-refractivity contribution in [2.45, 2.75) is 33.2 Å². The van der Waals surface area contributed by atoms with Gasteiger partial charge in [-0.2, -0.15) is 0 Å². The Morgan fingerprint density at radius 3 is 2.79 bits per heavy atom. The summed E-state index contributed by atoms with van der Waals surface area (Å²) in [7, 11) is 0. The maximum atomic E-state index is 6.20. The van der Waals surface area contributed by atoms with Crippen LogP contribution in [-0.4, -0.2) is 26.4 Å². The zero-order valence-corrected chi connectivity index (χ0v) is 12.6. The molecule has 0 aromatic heterocycles. The van der Waals surface area contributed by atoms with Crippen molar-refractivity contribution in [2.24, 2.45) is 0 Å². The minimum atomic E-state index is 0.629. The molecule has 0 amide bonds. The van der Waals surface area contributed by atoms with E-state index in [0.717, 1.165) is 50.5 Å². The van der Waals surface area contributed by atoms with Crippen LogP contribution >= 0.6 is 11.6 Å². The summed E-state index contributed by atoms with van der Waals surface area (Å²) in [5.41, 5.74) is 1.11. The lowest BCUT2D eigenvalue weighted by Gasteiger charge is -2.13. The summed E-state index contributed by atoms with van der Waals surface area (Å²) in [6, 6.07) is 5.87. The summed E-state index contributed by atoms with van der Waals surface area (Å²) in [6.07, 6.45) is 1.99. The molecule has 1 rings (SSSR count). The molecule has 0 heterocycles. The van der Waals surface area contributed by atoms with Gasteiger partial charge in [0.1, 0.15) is 5.75 Å². The maximum absolute atomic E-state index is 6.20. The predicted octanol–water partition coefficient (Wildman–Crippen LogP) is 3.65. The summed E-state index contributed by atoms with van der Waals surface area (Å²) < 4.78 is 11.1. The van der Waals surface area contributed by atoms with E-state index < -0.39 is 0 Å². The van der Waals surface area contributed by atoms with Crippen molar-refractivity contribution in [2.75, 3.05) is 26.4 Å². The van der Waals surface area contributed by atoms with E-state index in [2.05, 4.69) is 12.2 Å². The van der Waals surface area contributed by atoms with Gasteiger partial charge < -0.3 is 14.8 Å². The third-order valence-electron chi connectivity index (χ3n) is 2.67. The fourth-order valence-corrected chi connectivity index (χ4v) is 1.98. The van der Waals surface area contributed by atoms with E-state index in [0.29, 0.717) is 11.6 Å². The second-order valence-corrected chi connectivity index (χ2v) is 4.71. The van der Waals surface area contributed by atoms with Gasteiger partial charge >= 0.3 is 0 Å². The SMILES string of the molecule is CCCNCc1cccc(Cl)c1OCCCOCC. The molecule has 0 saturated heterocycles. The topological polar surface area (TPSA) is 30.5 Å². The first-order valence-corrected chi connectivity index (χ1v) is 7.36. The Morgan fingerprint density at radius 1 is 1.21 bits per heavy atom. The molecular weight excluding hydrogens is 262 g/mol. The van der Waals surface area contributed by atoms with E-state index in [4.69, 9.17) is 21.1 Å². The Bertz CT molecular complexity index is 358. The number of hydrogen-bond donors (Lipinski definition) is 1. The van der Waals surface area contributed by atoms with Crippen LogP contribution in [0.25, 0.3) is 0 Å². The minimum absolute atomic E-state index is 0.629. The molecule has 0 fully saturated rings. The summed E-state index contributed by atoms with van der Waals surface area (Å²) in [4.78, 5) is 0. The minimum Gasteiger partial charge on any atom is -0.492 e. The van der Waals surface area contributed by atoms with Gasteiger partial charge in [0, 0.05) is 31.7 Å². The highest BCUT2D eigenvalue weighted by Gasteiger charge is 2.07. The molecule has 0 aliphatic heterocycles. The van der Waals surface area contributed by atoms with Gasteiger partial charge in [0.2, 0.25) is 0 Å². The van der Waals surface area contributed by atoms with Crippen molar-refractivity contribution >= 4 is 11.6 Å².